The zero-order chi connectivity index (χ0) is 15.2. The topological polar surface area (TPSA) is 68.0 Å². The fourth-order valence-electron chi connectivity index (χ4n) is 1.64. The Morgan fingerprint density at radius 3 is 2.67 bits per heavy atom. The van der Waals surface area contributed by atoms with E-state index in [-0.39, 0.29) is 5.91 Å². The maximum Gasteiger partial charge on any atom is 0.257 e. The molecule has 0 atom stereocenters. The molecule has 0 unspecified atom stereocenters. The largest absolute Gasteiger partial charge is 0.320 e. The van der Waals surface area contributed by atoms with Crippen LogP contribution in [0.5, 0.6) is 0 Å². The van der Waals surface area contributed by atoms with E-state index < -0.39 is 0 Å². The first kappa shape index (κ1) is 15.2. The van der Waals surface area contributed by atoms with E-state index in [2.05, 4.69) is 36.0 Å². The third-order valence-electron chi connectivity index (χ3n) is 2.82. The van der Waals surface area contributed by atoms with Crippen molar-refractivity contribution in [2.75, 3.05) is 11.9 Å². The predicted molar refractivity (Wildman–Crippen MR) is 86.5 cm³/mol. The van der Waals surface area contributed by atoms with E-state index in [1.165, 1.54) is 11.3 Å². The normalized spacial score (nSPS) is 10.1. The molecule has 0 saturated heterocycles. The third kappa shape index (κ3) is 4.15. The Hall–Kier alpha value is -2.16. The lowest BCUT2D eigenvalue weighted by Gasteiger charge is -2.02. The van der Waals surface area contributed by atoms with Crippen LogP contribution in [0.3, 0.4) is 0 Å². The van der Waals surface area contributed by atoms with Crippen molar-refractivity contribution in [1.82, 2.24) is 4.98 Å². The number of carbonyl (C=O) groups is 1. The highest BCUT2D eigenvalue weighted by atomic mass is 32.1. The molecule has 0 aliphatic rings. The summed E-state index contributed by atoms with van der Waals surface area (Å²) in [6.07, 6.45) is 0. The smallest absolute Gasteiger partial charge is 0.257 e. The average Bonchev–Trinajstić information content (AvgIpc) is 2.94. The lowest BCUT2D eigenvalue weighted by molar-refractivity contribution is 0.102. The number of nitrogens with zero attached hydrogens (tertiary/aromatic N) is 1. The van der Waals surface area contributed by atoms with Gasteiger partial charge in [0.2, 0.25) is 0 Å². The minimum absolute atomic E-state index is 0.169. The van der Waals surface area contributed by atoms with Gasteiger partial charge < -0.3 is 5.73 Å². The second-order valence-electron chi connectivity index (χ2n) is 4.77. The van der Waals surface area contributed by atoms with E-state index >= 15 is 0 Å². The lowest BCUT2D eigenvalue weighted by atomic mass is 10.1. The molecule has 21 heavy (non-hydrogen) atoms. The first-order valence-corrected chi connectivity index (χ1v) is 7.54. The molecule has 1 aromatic carbocycles. The van der Waals surface area contributed by atoms with Gasteiger partial charge in [-0.2, -0.15) is 0 Å². The maximum atomic E-state index is 12.1. The van der Waals surface area contributed by atoms with Crippen LogP contribution in [0, 0.1) is 11.8 Å². The van der Waals surface area contributed by atoms with E-state index in [9.17, 15) is 4.79 Å². The molecule has 1 aromatic heterocycles. The fourth-order valence-corrected chi connectivity index (χ4v) is 2.50. The van der Waals surface area contributed by atoms with Gasteiger partial charge in [0.1, 0.15) is 0 Å². The number of anilines is 1. The van der Waals surface area contributed by atoms with Crippen LogP contribution in [0.2, 0.25) is 0 Å². The van der Waals surface area contributed by atoms with Crippen molar-refractivity contribution in [3.8, 4) is 11.8 Å². The van der Waals surface area contributed by atoms with Crippen molar-refractivity contribution in [1.29, 1.82) is 0 Å². The Bertz CT molecular complexity index is 678. The van der Waals surface area contributed by atoms with Crippen LogP contribution in [0.25, 0.3) is 0 Å². The molecule has 0 aliphatic carbocycles. The van der Waals surface area contributed by atoms with Gasteiger partial charge in [-0.1, -0.05) is 25.7 Å². The van der Waals surface area contributed by atoms with Gasteiger partial charge in [-0.3, -0.25) is 10.1 Å². The van der Waals surface area contributed by atoms with Crippen molar-refractivity contribution in [3.63, 3.8) is 0 Å². The minimum Gasteiger partial charge on any atom is -0.320 e. The Kier molecular flexibility index (Phi) is 5.09. The van der Waals surface area contributed by atoms with E-state index in [4.69, 9.17) is 5.73 Å². The summed E-state index contributed by atoms with van der Waals surface area (Å²) in [5.74, 6) is 5.88. The van der Waals surface area contributed by atoms with Crippen LogP contribution in [-0.4, -0.2) is 17.4 Å². The standard InChI is InChI=1S/C16H17N3OS/c1-11(2)14-10-21-16(18-14)19-15(20)13-7-5-12(6-8-13)4-3-9-17/h5-8,10-11H,9,17H2,1-2H3,(H,18,19,20). The predicted octanol–water partition coefficient (Wildman–Crippen LogP) is 2.83. The molecule has 0 aliphatic heterocycles. The summed E-state index contributed by atoms with van der Waals surface area (Å²) < 4.78 is 0. The van der Waals surface area contributed by atoms with Gasteiger partial charge in [-0.25, -0.2) is 4.98 Å². The molecule has 108 valence electrons. The third-order valence-corrected chi connectivity index (χ3v) is 3.59. The van der Waals surface area contributed by atoms with Crippen molar-refractivity contribution >= 4 is 22.4 Å². The summed E-state index contributed by atoms with van der Waals surface area (Å²) >= 11 is 1.44. The van der Waals surface area contributed by atoms with Gasteiger partial charge in [0.15, 0.2) is 5.13 Å². The van der Waals surface area contributed by atoms with Gasteiger partial charge in [0, 0.05) is 16.5 Å². The van der Waals surface area contributed by atoms with E-state index in [0.29, 0.717) is 23.2 Å². The molecule has 2 aromatic rings. The average molecular weight is 299 g/mol. The van der Waals surface area contributed by atoms with Crippen LogP contribution in [0.4, 0.5) is 5.13 Å². The van der Waals surface area contributed by atoms with Crippen LogP contribution in [-0.2, 0) is 0 Å². The quantitative estimate of drug-likeness (QED) is 0.856. The highest BCUT2D eigenvalue weighted by Crippen LogP contribution is 2.21. The van der Waals surface area contributed by atoms with Crippen molar-refractivity contribution in [3.05, 3.63) is 46.5 Å². The first-order chi connectivity index (χ1) is 10.1. The molecule has 0 spiro atoms. The molecule has 1 amide bonds. The number of thiazole rings is 1. The van der Waals surface area contributed by atoms with Crippen LogP contribution in [0.15, 0.2) is 29.6 Å². The maximum absolute atomic E-state index is 12.1. The second kappa shape index (κ2) is 7.02. The number of hydrogen-bond donors (Lipinski definition) is 2. The highest BCUT2D eigenvalue weighted by Gasteiger charge is 2.10. The van der Waals surface area contributed by atoms with Crippen molar-refractivity contribution in [2.24, 2.45) is 5.73 Å². The summed E-state index contributed by atoms with van der Waals surface area (Å²) in [6.45, 7) is 4.47. The molecule has 0 saturated carbocycles. The van der Waals surface area contributed by atoms with E-state index in [1.54, 1.807) is 24.3 Å². The number of amides is 1. The summed E-state index contributed by atoms with van der Waals surface area (Å²) in [4.78, 5) is 16.5. The van der Waals surface area contributed by atoms with Crippen molar-refractivity contribution in [2.45, 2.75) is 19.8 Å². The molecular weight excluding hydrogens is 282 g/mol. The molecule has 4 nitrogen and oxygen atoms in total. The van der Waals surface area contributed by atoms with E-state index in [0.717, 1.165) is 11.3 Å². The summed E-state index contributed by atoms with van der Waals surface area (Å²) in [7, 11) is 0. The SMILES string of the molecule is CC(C)c1csc(NC(=O)c2ccc(C#CCN)cc2)n1. The number of carbonyl (C=O) groups excluding carboxylic acids is 1. The summed E-state index contributed by atoms with van der Waals surface area (Å²) in [5, 5.41) is 5.39. The zero-order valence-corrected chi connectivity index (χ0v) is 12.8. The number of hydrogen-bond acceptors (Lipinski definition) is 4. The summed E-state index contributed by atoms with van der Waals surface area (Å²) in [6, 6.07) is 7.09. The van der Waals surface area contributed by atoms with Gasteiger partial charge in [0.05, 0.1) is 12.2 Å². The Balaban J connectivity index is 2.05. The van der Waals surface area contributed by atoms with Crippen LogP contribution < -0.4 is 11.1 Å². The Labute approximate surface area is 128 Å². The molecule has 2 rings (SSSR count). The van der Waals surface area contributed by atoms with E-state index in [1.807, 2.05) is 5.38 Å². The van der Waals surface area contributed by atoms with Gasteiger partial charge in [-0.15, -0.1) is 11.3 Å². The molecule has 0 radical (unpaired) electrons. The van der Waals surface area contributed by atoms with Crippen molar-refractivity contribution < 1.29 is 4.79 Å². The lowest BCUT2D eigenvalue weighted by Crippen LogP contribution is -2.11. The molecule has 0 bridgehead atoms. The van der Waals surface area contributed by atoms with Crippen LogP contribution in [0.1, 0.15) is 41.4 Å². The molecular formula is C16H17N3OS. The van der Waals surface area contributed by atoms with Crippen LogP contribution >= 0.6 is 11.3 Å². The number of nitrogens with one attached hydrogen (secondary N) is 1. The monoisotopic (exact) mass is 299 g/mol. The second-order valence-corrected chi connectivity index (χ2v) is 5.63. The number of nitrogens with two attached hydrogens (primary N) is 1. The minimum atomic E-state index is -0.169. The van der Waals surface area contributed by atoms with Gasteiger partial charge >= 0.3 is 0 Å². The molecule has 3 N–H and O–H groups in total. The number of benzene rings is 1. The molecule has 1 heterocycles. The molecule has 5 heteroatoms. The number of rotatable bonds is 3. The van der Waals surface area contributed by atoms with Gasteiger partial charge in [-0.05, 0) is 30.2 Å². The Morgan fingerprint density at radius 2 is 2.10 bits per heavy atom. The molecule has 0 fully saturated rings. The summed E-state index contributed by atoms with van der Waals surface area (Å²) in [5.41, 5.74) is 7.73. The Morgan fingerprint density at radius 1 is 1.38 bits per heavy atom. The van der Waals surface area contributed by atoms with Gasteiger partial charge in [0.25, 0.3) is 5.91 Å². The first-order valence-electron chi connectivity index (χ1n) is 6.66. The fraction of sp³-hybridized carbons (Fsp3) is 0.250. The zero-order valence-electron chi connectivity index (χ0n) is 12.0. The number of aromatic nitrogens is 1. The highest BCUT2D eigenvalue weighted by molar-refractivity contribution is 7.14.